The average molecular weight is 345 g/mol. The first-order valence-corrected chi connectivity index (χ1v) is 8.44. The molecule has 0 radical (unpaired) electrons. The molecule has 126 valence electrons. The minimum atomic E-state index is 0.616. The molecule has 0 aliphatic rings. The number of thioether (sulfide) groups is 1. The summed E-state index contributed by atoms with van der Waals surface area (Å²) in [5.74, 6) is 3.78. The molecule has 1 aromatic carbocycles. The Hall–Kier alpha value is -2.39. The molecule has 3 rings (SSSR count). The third-order valence-corrected chi connectivity index (χ3v) is 4.25. The van der Waals surface area contributed by atoms with Crippen LogP contribution in [0.5, 0.6) is 5.75 Å². The van der Waals surface area contributed by atoms with Gasteiger partial charge in [0.25, 0.3) is 0 Å². The van der Waals surface area contributed by atoms with Gasteiger partial charge in [0.2, 0.25) is 0 Å². The first-order chi connectivity index (χ1) is 11.7. The Morgan fingerprint density at radius 1 is 1.33 bits per heavy atom. The molecule has 3 aromatic rings. The number of benzene rings is 1. The van der Waals surface area contributed by atoms with Crippen molar-refractivity contribution in [2.24, 2.45) is 0 Å². The van der Waals surface area contributed by atoms with Crippen molar-refractivity contribution in [1.29, 1.82) is 0 Å². The second-order valence-corrected chi connectivity index (χ2v) is 6.03. The summed E-state index contributed by atoms with van der Waals surface area (Å²) in [6.07, 6.45) is 0. The highest BCUT2D eigenvalue weighted by Crippen LogP contribution is 2.26. The lowest BCUT2D eigenvalue weighted by atomic mass is 10.3. The third-order valence-electron chi connectivity index (χ3n) is 3.32. The van der Waals surface area contributed by atoms with Crippen molar-refractivity contribution >= 4 is 11.8 Å². The Balaban J connectivity index is 1.91. The molecule has 0 saturated heterocycles. The maximum atomic E-state index is 5.32. The zero-order valence-corrected chi connectivity index (χ0v) is 14.6. The third kappa shape index (κ3) is 3.57. The lowest BCUT2D eigenvalue weighted by molar-refractivity contribution is 0.414. The molecule has 2 aromatic heterocycles. The molecule has 8 nitrogen and oxygen atoms in total. The van der Waals surface area contributed by atoms with Crippen LogP contribution in [0.2, 0.25) is 0 Å². The number of nitrogens with zero attached hydrogens (tertiary/aromatic N) is 5. The monoisotopic (exact) mass is 345 g/mol. The van der Waals surface area contributed by atoms with Crippen molar-refractivity contribution in [3.05, 3.63) is 41.7 Å². The van der Waals surface area contributed by atoms with Gasteiger partial charge in [-0.15, -0.1) is 10.2 Å². The van der Waals surface area contributed by atoms with Gasteiger partial charge in [-0.25, -0.2) is 4.98 Å². The zero-order chi connectivity index (χ0) is 16.9. The molecule has 24 heavy (non-hydrogen) atoms. The van der Waals surface area contributed by atoms with E-state index in [1.807, 2.05) is 42.8 Å². The van der Waals surface area contributed by atoms with E-state index in [0.717, 1.165) is 34.1 Å². The van der Waals surface area contributed by atoms with E-state index >= 15 is 0 Å². The van der Waals surface area contributed by atoms with Crippen molar-refractivity contribution in [1.82, 2.24) is 35.3 Å². The van der Waals surface area contributed by atoms with Crippen LogP contribution in [0.3, 0.4) is 0 Å². The Morgan fingerprint density at radius 2 is 2.21 bits per heavy atom. The fourth-order valence-corrected chi connectivity index (χ4v) is 3.08. The minimum Gasteiger partial charge on any atom is -0.497 e. The topological polar surface area (TPSA) is 93.5 Å². The van der Waals surface area contributed by atoms with Crippen LogP contribution in [-0.2, 0) is 12.3 Å². The number of ether oxygens (including phenoxy) is 1. The van der Waals surface area contributed by atoms with E-state index in [-0.39, 0.29) is 0 Å². The fraction of sp³-hybridized carbons (Fsp3) is 0.333. The zero-order valence-electron chi connectivity index (χ0n) is 13.8. The minimum absolute atomic E-state index is 0.616. The lowest BCUT2D eigenvalue weighted by Gasteiger charge is -2.11. The molecule has 0 spiro atoms. The van der Waals surface area contributed by atoms with Crippen LogP contribution in [-0.4, -0.2) is 44.1 Å². The highest BCUT2D eigenvalue weighted by atomic mass is 32.2. The molecule has 0 aliphatic heterocycles. The predicted octanol–water partition coefficient (Wildman–Crippen LogP) is 1.71. The number of methoxy groups -OCH3 is 1. The second kappa shape index (κ2) is 7.45. The Bertz CT molecular complexity index is 814. The Kier molecular flexibility index (Phi) is 5.11. The van der Waals surface area contributed by atoms with E-state index < -0.39 is 0 Å². The molecule has 0 amide bonds. The van der Waals surface area contributed by atoms with Gasteiger partial charge < -0.3 is 10.1 Å². The predicted molar refractivity (Wildman–Crippen MR) is 91.4 cm³/mol. The molecule has 0 aliphatic carbocycles. The summed E-state index contributed by atoms with van der Waals surface area (Å²) in [6, 6.07) is 7.83. The normalized spacial score (nSPS) is 11.0. The Labute approximate surface area is 144 Å². The molecular weight excluding hydrogens is 326 g/mol. The molecule has 2 heterocycles. The molecule has 0 unspecified atom stereocenters. The quantitative estimate of drug-likeness (QED) is 0.630. The molecular formula is C15H19N7OS. The van der Waals surface area contributed by atoms with Gasteiger partial charge in [0.15, 0.2) is 16.8 Å². The van der Waals surface area contributed by atoms with E-state index in [1.54, 1.807) is 18.9 Å². The van der Waals surface area contributed by atoms with Crippen molar-refractivity contribution < 1.29 is 4.74 Å². The number of hydrogen-bond acceptors (Lipinski definition) is 7. The Morgan fingerprint density at radius 3 is 2.92 bits per heavy atom. The molecule has 0 saturated carbocycles. The summed E-state index contributed by atoms with van der Waals surface area (Å²) in [5, 5.41) is 19.5. The SMILES string of the molecule is CNCc1nnc(SCc2n[nH]c(C)n2)n1-c1cccc(OC)c1. The van der Waals surface area contributed by atoms with Crippen LogP contribution in [0.25, 0.3) is 5.69 Å². The van der Waals surface area contributed by atoms with Gasteiger partial charge in [0.05, 0.1) is 25.1 Å². The van der Waals surface area contributed by atoms with Crippen LogP contribution in [0.4, 0.5) is 0 Å². The first kappa shape index (κ1) is 16.5. The van der Waals surface area contributed by atoms with E-state index in [9.17, 15) is 0 Å². The summed E-state index contributed by atoms with van der Waals surface area (Å²) in [5.41, 5.74) is 0.957. The van der Waals surface area contributed by atoms with Crippen LogP contribution in [0.1, 0.15) is 17.5 Å². The molecule has 0 fully saturated rings. The lowest BCUT2D eigenvalue weighted by Crippen LogP contribution is -2.12. The number of aryl methyl sites for hydroxylation is 1. The van der Waals surface area contributed by atoms with Crippen LogP contribution >= 0.6 is 11.8 Å². The highest BCUT2D eigenvalue weighted by molar-refractivity contribution is 7.98. The molecule has 0 atom stereocenters. The average Bonchev–Trinajstić information content (AvgIpc) is 3.19. The van der Waals surface area contributed by atoms with Crippen LogP contribution < -0.4 is 10.1 Å². The number of rotatable bonds is 7. The summed E-state index contributed by atoms with van der Waals surface area (Å²) < 4.78 is 7.34. The standard InChI is InChI=1S/C15H19N7OS/c1-10-17-13(19-18-10)9-24-15-21-20-14(8-16-2)22(15)11-5-4-6-12(7-11)23-3/h4-7,16H,8-9H2,1-3H3,(H,17,18,19). The number of nitrogens with one attached hydrogen (secondary N) is 2. The van der Waals surface area contributed by atoms with E-state index in [1.165, 1.54) is 0 Å². The second-order valence-electron chi connectivity index (χ2n) is 5.09. The number of aromatic nitrogens is 6. The number of hydrogen-bond donors (Lipinski definition) is 2. The number of aromatic amines is 1. The summed E-state index contributed by atoms with van der Waals surface area (Å²) in [7, 11) is 3.54. The summed E-state index contributed by atoms with van der Waals surface area (Å²) in [4.78, 5) is 4.32. The van der Waals surface area contributed by atoms with Gasteiger partial charge in [-0.05, 0) is 26.1 Å². The van der Waals surface area contributed by atoms with Crippen molar-refractivity contribution in [3.8, 4) is 11.4 Å². The van der Waals surface area contributed by atoms with Gasteiger partial charge in [-0.3, -0.25) is 9.67 Å². The van der Waals surface area contributed by atoms with Crippen molar-refractivity contribution in [2.75, 3.05) is 14.2 Å². The van der Waals surface area contributed by atoms with Gasteiger partial charge in [-0.2, -0.15) is 5.10 Å². The van der Waals surface area contributed by atoms with E-state index in [4.69, 9.17) is 4.74 Å². The van der Waals surface area contributed by atoms with Crippen LogP contribution in [0.15, 0.2) is 29.4 Å². The van der Waals surface area contributed by atoms with Gasteiger partial charge in [0, 0.05) is 6.07 Å². The number of H-pyrrole nitrogens is 1. The maximum absolute atomic E-state index is 5.32. The van der Waals surface area contributed by atoms with E-state index in [2.05, 4.69) is 30.7 Å². The van der Waals surface area contributed by atoms with Gasteiger partial charge in [0.1, 0.15) is 11.6 Å². The summed E-state index contributed by atoms with van der Waals surface area (Å²) >= 11 is 1.54. The van der Waals surface area contributed by atoms with Crippen molar-refractivity contribution in [2.45, 2.75) is 24.4 Å². The van der Waals surface area contributed by atoms with Crippen LogP contribution in [0, 0.1) is 6.92 Å². The highest BCUT2D eigenvalue weighted by Gasteiger charge is 2.15. The maximum Gasteiger partial charge on any atom is 0.196 e. The summed E-state index contributed by atoms with van der Waals surface area (Å²) in [6.45, 7) is 2.50. The largest absolute Gasteiger partial charge is 0.497 e. The smallest absolute Gasteiger partial charge is 0.196 e. The van der Waals surface area contributed by atoms with Crippen molar-refractivity contribution in [3.63, 3.8) is 0 Å². The van der Waals surface area contributed by atoms with Gasteiger partial charge in [-0.1, -0.05) is 17.8 Å². The fourth-order valence-electron chi connectivity index (χ4n) is 2.26. The van der Waals surface area contributed by atoms with Gasteiger partial charge >= 0.3 is 0 Å². The van der Waals surface area contributed by atoms with E-state index in [0.29, 0.717) is 12.3 Å². The molecule has 9 heteroatoms. The molecule has 0 bridgehead atoms. The first-order valence-electron chi connectivity index (χ1n) is 7.45. The molecule has 2 N–H and O–H groups in total.